The molecule has 3 rings (SSSR count). The van der Waals surface area contributed by atoms with Gasteiger partial charge in [0.15, 0.2) is 5.96 Å². The van der Waals surface area contributed by atoms with E-state index in [1.165, 1.54) is 97.3 Å². The van der Waals surface area contributed by atoms with Crippen LogP contribution in [0.3, 0.4) is 0 Å². The number of nitrogens with one attached hydrogen (secondary N) is 1. The van der Waals surface area contributed by atoms with Crippen LogP contribution in [0.4, 0.5) is 0 Å². The third kappa shape index (κ3) is 5.85. The van der Waals surface area contributed by atoms with E-state index < -0.39 is 0 Å². The fraction of sp³-hybridized carbons (Fsp3) is 0.952. The number of guanidine groups is 1. The molecule has 5 nitrogen and oxygen atoms in total. The number of hydrogen-bond acceptors (Lipinski definition) is 3. The summed E-state index contributed by atoms with van der Waals surface area (Å²) in [6.07, 6.45) is 9.59. The maximum Gasteiger partial charge on any atom is 0.193 e. The van der Waals surface area contributed by atoms with Crippen molar-refractivity contribution in [3.63, 3.8) is 0 Å². The summed E-state index contributed by atoms with van der Waals surface area (Å²) in [4.78, 5) is 12.3. The van der Waals surface area contributed by atoms with Gasteiger partial charge >= 0.3 is 0 Å². The monoisotopic (exact) mass is 363 g/mol. The van der Waals surface area contributed by atoms with Gasteiger partial charge in [-0.1, -0.05) is 13.3 Å². The Hall–Kier alpha value is -0.810. The minimum absolute atomic E-state index is 0.824. The number of nitrogens with zero attached hydrogens (tertiary/aromatic N) is 4. The highest BCUT2D eigenvalue weighted by Gasteiger charge is 2.27. The average molecular weight is 364 g/mol. The fourth-order valence-electron chi connectivity index (χ4n) is 4.99. The first-order chi connectivity index (χ1) is 12.8. The molecule has 3 aliphatic heterocycles. The van der Waals surface area contributed by atoms with Crippen molar-refractivity contribution in [2.45, 2.75) is 51.9 Å². The van der Waals surface area contributed by atoms with E-state index in [0.717, 1.165) is 24.3 Å². The Labute approximate surface area is 161 Å². The number of aliphatic imine (C=N–C) groups is 1. The Balaban J connectivity index is 1.34. The van der Waals surface area contributed by atoms with Gasteiger partial charge in [0.2, 0.25) is 0 Å². The largest absolute Gasteiger partial charge is 0.356 e. The number of piperidine rings is 2. The van der Waals surface area contributed by atoms with Crippen LogP contribution in [0.25, 0.3) is 0 Å². The van der Waals surface area contributed by atoms with Crippen molar-refractivity contribution in [3.8, 4) is 0 Å². The summed E-state index contributed by atoms with van der Waals surface area (Å²) in [7, 11) is 1.94. The third-order valence-corrected chi connectivity index (χ3v) is 6.75. The Morgan fingerprint density at radius 2 is 1.65 bits per heavy atom. The highest BCUT2D eigenvalue weighted by atomic mass is 15.3. The van der Waals surface area contributed by atoms with Gasteiger partial charge in [-0.2, -0.15) is 0 Å². The lowest BCUT2D eigenvalue weighted by molar-refractivity contribution is 0.187. The molecule has 0 aromatic rings. The number of hydrogen-bond donors (Lipinski definition) is 1. The third-order valence-electron chi connectivity index (χ3n) is 6.75. The van der Waals surface area contributed by atoms with Crippen LogP contribution in [0.15, 0.2) is 4.99 Å². The molecule has 0 bridgehead atoms. The maximum atomic E-state index is 4.57. The molecule has 3 fully saturated rings. The van der Waals surface area contributed by atoms with Crippen molar-refractivity contribution in [2.75, 3.05) is 66.0 Å². The molecule has 1 N–H and O–H groups in total. The van der Waals surface area contributed by atoms with E-state index in [9.17, 15) is 0 Å². The van der Waals surface area contributed by atoms with Gasteiger partial charge < -0.3 is 20.0 Å². The minimum Gasteiger partial charge on any atom is -0.356 e. The Bertz CT molecular complexity index is 424. The van der Waals surface area contributed by atoms with Crippen molar-refractivity contribution >= 4 is 5.96 Å². The number of rotatable bonds is 6. The molecule has 0 amide bonds. The topological polar surface area (TPSA) is 34.1 Å². The summed E-state index contributed by atoms with van der Waals surface area (Å²) in [5.74, 6) is 2.86. The predicted molar refractivity (Wildman–Crippen MR) is 111 cm³/mol. The number of likely N-dealkylation sites (tertiary alicyclic amines) is 3. The van der Waals surface area contributed by atoms with E-state index in [4.69, 9.17) is 0 Å². The summed E-state index contributed by atoms with van der Waals surface area (Å²) in [6, 6.07) is 0. The van der Waals surface area contributed by atoms with Crippen molar-refractivity contribution < 1.29 is 0 Å². The van der Waals surface area contributed by atoms with Crippen molar-refractivity contribution in [2.24, 2.45) is 16.8 Å². The predicted octanol–water partition coefficient (Wildman–Crippen LogP) is 2.49. The van der Waals surface area contributed by atoms with E-state index in [1.54, 1.807) is 0 Å². The van der Waals surface area contributed by atoms with Gasteiger partial charge in [-0.05, 0) is 83.1 Å². The highest BCUT2D eigenvalue weighted by molar-refractivity contribution is 5.80. The molecule has 150 valence electrons. The van der Waals surface area contributed by atoms with E-state index in [2.05, 4.69) is 31.9 Å². The van der Waals surface area contributed by atoms with Gasteiger partial charge in [0, 0.05) is 33.2 Å². The van der Waals surface area contributed by atoms with Gasteiger partial charge in [0.1, 0.15) is 0 Å². The second-order valence-corrected chi connectivity index (χ2v) is 8.60. The quantitative estimate of drug-likeness (QED) is 0.581. The van der Waals surface area contributed by atoms with E-state index >= 15 is 0 Å². The molecule has 5 heteroatoms. The first kappa shape index (κ1) is 19.9. The molecule has 0 aromatic carbocycles. The van der Waals surface area contributed by atoms with Gasteiger partial charge in [0.25, 0.3) is 0 Å². The molecule has 0 saturated carbocycles. The van der Waals surface area contributed by atoms with E-state index in [0.29, 0.717) is 0 Å². The summed E-state index contributed by atoms with van der Waals surface area (Å²) in [5, 5.41) is 3.66. The Morgan fingerprint density at radius 3 is 2.35 bits per heavy atom. The first-order valence-electron chi connectivity index (χ1n) is 11.2. The van der Waals surface area contributed by atoms with Crippen molar-refractivity contribution in [1.29, 1.82) is 0 Å². The van der Waals surface area contributed by atoms with Gasteiger partial charge in [0.05, 0.1) is 0 Å². The first-order valence-corrected chi connectivity index (χ1v) is 11.2. The molecule has 3 aliphatic rings. The van der Waals surface area contributed by atoms with Crippen LogP contribution in [0.5, 0.6) is 0 Å². The van der Waals surface area contributed by atoms with Crippen LogP contribution in [-0.2, 0) is 0 Å². The van der Waals surface area contributed by atoms with Crippen LogP contribution >= 0.6 is 0 Å². The second-order valence-electron chi connectivity index (χ2n) is 8.60. The highest BCUT2D eigenvalue weighted by Crippen LogP contribution is 2.21. The van der Waals surface area contributed by atoms with Crippen LogP contribution in [0.1, 0.15) is 51.9 Å². The molecule has 0 aliphatic carbocycles. The normalized spacial score (nSPS) is 27.2. The molecule has 3 heterocycles. The Morgan fingerprint density at radius 1 is 0.923 bits per heavy atom. The smallest absolute Gasteiger partial charge is 0.193 e. The SMILES string of the molecule is CCN1CCC(CCNC(=NC)N2CCC(CN3CCCCC3)C2)CC1. The molecule has 0 aromatic heterocycles. The van der Waals surface area contributed by atoms with Crippen LogP contribution < -0.4 is 5.32 Å². The second kappa shape index (κ2) is 10.5. The fourth-order valence-corrected chi connectivity index (χ4v) is 4.99. The summed E-state index contributed by atoms with van der Waals surface area (Å²) >= 11 is 0. The zero-order chi connectivity index (χ0) is 18.2. The average Bonchev–Trinajstić information content (AvgIpc) is 3.15. The van der Waals surface area contributed by atoms with E-state index in [-0.39, 0.29) is 0 Å². The molecule has 26 heavy (non-hydrogen) atoms. The van der Waals surface area contributed by atoms with Gasteiger partial charge in [-0.3, -0.25) is 4.99 Å². The van der Waals surface area contributed by atoms with E-state index in [1.807, 2.05) is 7.05 Å². The van der Waals surface area contributed by atoms with Crippen LogP contribution in [0, 0.1) is 11.8 Å². The molecule has 0 radical (unpaired) electrons. The zero-order valence-electron chi connectivity index (χ0n) is 17.3. The van der Waals surface area contributed by atoms with Gasteiger partial charge in [-0.25, -0.2) is 0 Å². The molecular weight excluding hydrogens is 322 g/mol. The lowest BCUT2D eigenvalue weighted by atomic mass is 9.93. The minimum atomic E-state index is 0.824. The Kier molecular flexibility index (Phi) is 8.06. The van der Waals surface area contributed by atoms with Gasteiger partial charge in [-0.15, -0.1) is 0 Å². The zero-order valence-corrected chi connectivity index (χ0v) is 17.3. The summed E-state index contributed by atoms with van der Waals surface area (Å²) in [5.41, 5.74) is 0. The molecular formula is C21H41N5. The van der Waals surface area contributed by atoms with Crippen molar-refractivity contribution in [1.82, 2.24) is 20.0 Å². The summed E-state index contributed by atoms with van der Waals surface area (Å²) in [6.45, 7) is 13.4. The van der Waals surface area contributed by atoms with Crippen LogP contribution in [0.2, 0.25) is 0 Å². The lowest BCUT2D eigenvalue weighted by Crippen LogP contribution is -2.42. The standard InChI is InChI=1S/C21H41N5/c1-3-24-14-8-19(9-15-24)7-11-23-21(22-2)26-16-10-20(18-26)17-25-12-5-4-6-13-25/h19-20H,3-18H2,1-2H3,(H,22,23). The maximum absolute atomic E-state index is 4.57. The summed E-state index contributed by atoms with van der Waals surface area (Å²) < 4.78 is 0. The molecule has 3 saturated heterocycles. The molecule has 1 atom stereocenters. The molecule has 1 unspecified atom stereocenters. The lowest BCUT2D eigenvalue weighted by Gasteiger charge is -2.31. The van der Waals surface area contributed by atoms with Crippen molar-refractivity contribution in [3.05, 3.63) is 0 Å². The van der Waals surface area contributed by atoms with Crippen LogP contribution in [-0.4, -0.2) is 86.6 Å². The molecule has 0 spiro atoms.